The van der Waals surface area contributed by atoms with E-state index >= 15 is 0 Å². The normalized spacial score (nSPS) is 31.0. The van der Waals surface area contributed by atoms with Crippen molar-refractivity contribution in [3.8, 4) is 0 Å². The smallest absolute Gasteiger partial charge is 0.410 e. The van der Waals surface area contributed by atoms with Crippen LogP contribution in [0.4, 0.5) is 9.59 Å². The van der Waals surface area contributed by atoms with Gasteiger partial charge in [-0.3, -0.25) is 4.90 Å². The van der Waals surface area contributed by atoms with Gasteiger partial charge in [-0.2, -0.15) is 0 Å². The molecule has 4 aliphatic rings. The largest absolute Gasteiger partial charge is 0.447 e. The van der Waals surface area contributed by atoms with Gasteiger partial charge in [0.2, 0.25) is 0 Å². The molecule has 4 fully saturated rings. The molecule has 1 aliphatic carbocycles. The maximum Gasteiger partial charge on any atom is 0.410 e. The lowest BCUT2D eigenvalue weighted by Crippen LogP contribution is -2.59. The van der Waals surface area contributed by atoms with Crippen molar-refractivity contribution in [2.75, 3.05) is 26.2 Å². The van der Waals surface area contributed by atoms with Crippen molar-refractivity contribution in [2.24, 2.45) is 0 Å². The number of nitrogens with one attached hydrogen (secondary N) is 1. The maximum atomic E-state index is 12.6. The van der Waals surface area contributed by atoms with Crippen LogP contribution in [0.1, 0.15) is 72.1 Å². The van der Waals surface area contributed by atoms with Gasteiger partial charge in [0.05, 0.1) is 18.2 Å². The Labute approximate surface area is 175 Å². The zero-order valence-corrected chi connectivity index (χ0v) is 18.4. The van der Waals surface area contributed by atoms with Gasteiger partial charge in [0.1, 0.15) is 0 Å². The van der Waals surface area contributed by atoms with Crippen LogP contribution < -0.4 is 5.32 Å². The summed E-state index contributed by atoms with van der Waals surface area (Å²) in [6.45, 7) is 9.74. The Hall–Kier alpha value is -1.50. The Balaban J connectivity index is 1.29. The molecule has 164 valence electrons. The molecule has 0 bridgehead atoms. The standard InChI is InChI=1S/C22H38N4O3/c1-16(2)29-21(28)24-14-10-22(3,11-15-24)25-12-8-17(9-13-25)26-19-7-5-4-6-18(19)23-20(26)27/h16-19H,4-15H2,1-3H3,(H,23,27)/t18-,19+/m1/s1. The molecule has 1 N–H and O–H groups in total. The van der Waals surface area contributed by atoms with Gasteiger partial charge in [0.25, 0.3) is 0 Å². The minimum absolute atomic E-state index is 0.0682. The van der Waals surface area contributed by atoms with Crippen LogP contribution in [0.3, 0.4) is 0 Å². The van der Waals surface area contributed by atoms with Crippen LogP contribution in [0.2, 0.25) is 0 Å². The quantitative estimate of drug-likeness (QED) is 0.782. The third-order valence-corrected chi connectivity index (χ3v) is 7.69. The van der Waals surface area contributed by atoms with E-state index in [0.29, 0.717) is 18.1 Å². The van der Waals surface area contributed by atoms with Crippen LogP contribution in [0.15, 0.2) is 0 Å². The summed E-state index contributed by atoms with van der Waals surface area (Å²) in [5.41, 5.74) is 0.139. The van der Waals surface area contributed by atoms with Gasteiger partial charge in [-0.25, -0.2) is 9.59 Å². The fraction of sp³-hybridized carbons (Fsp3) is 0.909. The van der Waals surface area contributed by atoms with E-state index in [1.54, 1.807) is 0 Å². The minimum Gasteiger partial charge on any atom is -0.447 e. The topological polar surface area (TPSA) is 65.1 Å². The molecule has 1 saturated carbocycles. The SMILES string of the molecule is CC(C)OC(=O)N1CCC(C)(N2CCC(N3C(=O)N[C@@H]4CCCC[C@@H]43)CC2)CC1. The molecule has 2 atom stereocenters. The highest BCUT2D eigenvalue weighted by Gasteiger charge is 2.46. The first-order valence-electron chi connectivity index (χ1n) is 11.7. The van der Waals surface area contributed by atoms with Crippen LogP contribution in [0.5, 0.6) is 0 Å². The first kappa shape index (κ1) is 20.8. The van der Waals surface area contributed by atoms with Crippen molar-refractivity contribution in [1.82, 2.24) is 20.0 Å². The molecule has 29 heavy (non-hydrogen) atoms. The van der Waals surface area contributed by atoms with Crippen molar-refractivity contribution in [3.05, 3.63) is 0 Å². The second-order valence-corrected chi connectivity index (χ2v) is 9.95. The number of urea groups is 1. The van der Waals surface area contributed by atoms with Gasteiger partial charge < -0.3 is 19.9 Å². The van der Waals surface area contributed by atoms with Crippen molar-refractivity contribution >= 4 is 12.1 Å². The van der Waals surface area contributed by atoms with Crippen molar-refractivity contribution in [3.63, 3.8) is 0 Å². The maximum absolute atomic E-state index is 12.6. The zero-order chi connectivity index (χ0) is 20.6. The Morgan fingerprint density at radius 3 is 2.38 bits per heavy atom. The van der Waals surface area contributed by atoms with Gasteiger partial charge in [0.15, 0.2) is 0 Å². The molecule has 0 aromatic heterocycles. The number of likely N-dealkylation sites (tertiary alicyclic amines) is 2. The molecule has 0 aromatic rings. The molecule has 0 spiro atoms. The van der Waals surface area contributed by atoms with Crippen molar-refractivity contribution in [2.45, 2.75) is 102 Å². The summed E-state index contributed by atoms with van der Waals surface area (Å²) in [5, 5.41) is 3.24. The van der Waals surface area contributed by atoms with E-state index in [0.717, 1.165) is 64.7 Å². The summed E-state index contributed by atoms with van der Waals surface area (Å²) in [6, 6.07) is 1.34. The highest BCUT2D eigenvalue weighted by atomic mass is 16.6. The lowest BCUT2D eigenvalue weighted by molar-refractivity contribution is -0.00233. The lowest BCUT2D eigenvalue weighted by atomic mass is 9.85. The third-order valence-electron chi connectivity index (χ3n) is 7.69. The lowest BCUT2D eigenvalue weighted by Gasteiger charge is -2.50. The number of nitrogens with zero attached hydrogens (tertiary/aromatic N) is 3. The molecular formula is C22H38N4O3. The second kappa shape index (κ2) is 8.32. The molecule has 7 nitrogen and oxygen atoms in total. The Kier molecular flexibility index (Phi) is 5.96. The number of hydrogen-bond donors (Lipinski definition) is 1. The molecule has 3 aliphatic heterocycles. The number of amides is 3. The summed E-state index contributed by atoms with van der Waals surface area (Å²) in [7, 11) is 0. The average molecular weight is 407 g/mol. The van der Waals surface area contributed by atoms with E-state index in [1.807, 2.05) is 18.7 Å². The van der Waals surface area contributed by atoms with Gasteiger partial charge in [-0.05, 0) is 59.3 Å². The highest BCUT2D eigenvalue weighted by Crippen LogP contribution is 2.35. The van der Waals surface area contributed by atoms with Crippen LogP contribution in [-0.4, -0.2) is 82.8 Å². The summed E-state index contributed by atoms with van der Waals surface area (Å²) in [4.78, 5) is 31.5. The van der Waals surface area contributed by atoms with Gasteiger partial charge in [-0.1, -0.05) is 12.8 Å². The number of hydrogen-bond acceptors (Lipinski definition) is 4. The molecule has 3 heterocycles. The number of carbonyl (C=O) groups excluding carboxylic acids is 2. The predicted molar refractivity (Wildman–Crippen MR) is 112 cm³/mol. The third kappa shape index (κ3) is 4.21. The summed E-state index contributed by atoms with van der Waals surface area (Å²) in [6.07, 6.45) is 8.64. The van der Waals surface area contributed by atoms with Crippen molar-refractivity contribution < 1.29 is 14.3 Å². The Bertz CT molecular complexity index is 609. The summed E-state index contributed by atoms with van der Waals surface area (Å²) in [5.74, 6) is 0. The zero-order valence-electron chi connectivity index (χ0n) is 18.4. The number of carbonyl (C=O) groups is 2. The molecule has 3 saturated heterocycles. The Morgan fingerprint density at radius 2 is 1.72 bits per heavy atom. The molecule has 0 unspecified atom stereocenters. The van der Waals surface area contributed by atoms with Crippen LogP contribution in [0, 0.1) is 0 Å². The van der Waals surface area contributed by atoms with E-state index in [1.165, 1.54) is 12.8 Å². The summed E-state index contributed by atoms with van der Waals surface area (Å²) < 4.78 is 5.36. The first-order valence-corrected chi connectivity index (χ1v) is 11.7. The van der Waals surface area contributed by atoms with Crippen molar-refractivity contribution in [1.29, 1.82) is 0 Å². The number of fused-ring (bicyclic) bond motifs is 1. The highest BCUT2D eigenvalue weighted by molar-refractivity contribution is 5.78. The van der Waals surface area contributed by atoms with Crippen LogP contribution >= 0.6 is 0 Å². The van der Waals surface area contributed by atoms with E-state index < -0.39 is 0 Å². The molecular weight excluding hydrogens is 368 g/mol. The van der Waals surface area contributed by atoms with Gasteiger partial charge in [-0.15, -0.1) is 0 Å². The molecule has 0 radical (unpaired) electrons. The van der Waals surface area contributed by atoms with E-state index in [-0.39, 0.29) is 23.8 Å². The average Bonchev–Trinajstić information content (AvgIpc) is 3.04. The molecule has 7 heteroatoms. The minimum atomic E-state index is -0.178. The molecule has 4 rings (SSSR count). The summed E-state index contributed by atoms with van der Waals surface area (Å²) >= 11 is 0. The molecule has 3 amide bonds. The van der Waals surface area contributed by atoms with E-state index in [2.05, 4.69) is 22.0 Å². The monoisotopic (exact) mass is 406 g/mol. The number of ether oxygens (including phenoxy) is 1. The van der Waals surface area contributed by atoms with Crippen LogP contribution in [0.25, 0.3) is 0 Å². The number of rotatable bonds is 3. The van der Waals surface area contributed by atoms with Gasteiger partial charge >= 0.3 is 12.1 Å². The number of piperidine rings is 2. The van der Waals surface area contributed by atoms with E-state index in [9.17, 15) is 9.59 Å². The predicted octanol–water partition coefficient (Wildman–Crippen LogP) is 3.19. The first-order chi connectivity index (χ1) is 13.9. The fourth-order valence-electron chi connectivity index (χ4n) is 5.88. The fourth-order valence-corrected chi connectivity index (χ4v) is 5.88. The second-order valence-electron chi connectivity index (χ2n) is 9.95. The molecule has 0 aromatic carbocycles. The van der Waals surface area contributed by atoms with Gasteiger partial charge in [0, 0.05) is 37.8 Å². The Morgan fingerprint density at radius 1 is 1.07 bits per heavy atom. The van der Waals surface area contributed by atoms with Crippen LogP contribution in [-0.2, 0) is 4.74 Å². The van der Waals surface area contributed by atoms with E-state index in [4.69, 9.17) is 4.74 Å².